The molecule has 0 aliphatic heterocycles. The average molecular weight is 517 g/mol. The van der Waals surface area contributed by atoms with Crippen LogP contribution in [0, 0.1) is 10.8 Å². The van der Waals surface area contributed by atoms with E-state index in [9.17, 15) is 9.46 Å². The second kappa shape index (κ2) is 11.3. The molecule has 0 amide bonds. The fourth-order valence-electron chi connectivity index (χ4n) is 5.07. The van der Waals surface area contributed by atoms with Gasteiger partial charge in [-0.3, -0.25) is 4.89 Å². The van der Waals surface area contributed by atoms with Crippen molar-refractivity contribution in [2.75, 3.05) is 0 Å². The van der Waals surface area contributed by atoms with Gasteiger partial charge < -0.3 is 9.05 Å². The third-order valence-corrected chi connectivity index (χ3v) is 6.54. The fraction of sp³-hybridized carbons (Fsp3) is 0.571. The molecule has 0 unspecified atom stereocenters. The first-order valence-electron chi connectivity index (χ1n) is 11.7. The maximum absolute atomic E-state index is 12.6. The summed E-state index contributed by atoms with van der Waals surface area (Å²) in [6, 6.07) is 14.7. The molecule has 0 fully saturated rings. The summed E-state index contributed by atoms with van der Waals surface area (Å²) < 4.78 is 23.3. The third kappa shape index (κ3) is 10.2. The van der Waals surface area contributed by atoms with E-state index in [1.807, 2.05) is 24.3 Å². The molecule has 0 atom stereocenters. The zero-order valence-electron chi connectivity index (χ0n) is 22.2. The summed E-state index contributed by atoms with van der Waals surface area (Å²) in [5, 5.41) is 0. The molecule has 0 aromatic heterocycles. The van der Waals surface area contributed by atoms with Crippen LogP contribution in [0.2, 0.25) is 0 Å². The predicted octanol–water partition coefficient (Wildman–Crippen LogP) is 7.76. The van der Waals surface area contributed by atoms with Crippen LogP contribution in [0.1, 0.15) is 93.2 Å². The van der Waals surface area contributed by atoms with Crippen molar-refractivity contribution in [1.82, 2.24) is 0 Å². The molecule has 0 spiro atoms. The first-order chi connectivity index (χ1) is 14.8. The second-order valence-corrected chi connectivity index (χ2v) is 14.2. The summed E-state index contributed by atoms with van der Waals surface area (Å²) in [6.45, 7) is 22.2. The zero-order valence-corrected chi connectivity index (χ0v) is 23.0. The van der Waals surface area contributed by atoms with Crippen LogP contribution in [0.25, 0.3) is 0 Å². The zero-order chi connectivity index (χ0) is 25.3. The Morgan fingerprint density at radius 1 is 0.618 bits per heavy atom. The van der Waals surface area contributed by atoms with E-state index >= 15 is 0 Å². The van der Waals surface area contributed by atoms with Gasteiger partial charge in [-0.15, -0.1) is 0 Å². The molecule has 0 bridgehead atoms. The van der Waals surface area contributed by atoms with Gasteiger partial charge >= 0.3 is 45.6 Å². The molecule has 4 nitrogen and oxygen atoms in total. The van der Waals surface area contributed by atoms with Crippen molar-refractivity contribution in [3.8, 4) is 11.5 Å². The van der Waals surface area contributed by atoms with Gasteiger partial charge in [-0.25, -0.2) is 4.57 Å². The summed E-state index contributed by atoms with van der Waals surface area (Å²) in [7, 11) is -4.31. The molecule has 2 aromatic carbocycles. The van der Waals surface area contributed by atoms with Gasteiger partial charge in [0.05, 0.1) is 0 Å². The van der Waals surface area contributed by atoms with E-state index in [4.69, 9.17) is 9.05 Å². The van der Waals surface area contributed by atoms with Crippen molar-refractivity contribution < 1.29 is 18.5 Å². The Balaban J connectivity index is 0.00000578. The van der Waals surface area contributed by atoms with Crippen LogP contribution in [0.15, 0.2) is 48.5 Å². The van der Waals surface area contributed by atoms with Crippen molar-refractivity contribution in [3.63, 3.8) is 0 Å². The van der Waals surface area contributed by atoms with Crippen molar-refractivity contribution >= 4 is 45.6 Å². The van der Waals surface area contributed by atoms with E-state index < -0.39 is 7.82 Å². The Kier molecular flexibility index (Phi) is 10.4. The Bertz CT molecular complexity index is 888. The van der Waals surface area contributed by atoms with Crippen LogP contribution >= 0.6 is 7.82 Å². The van der Waals surface area contributed by atoms with Gasteiger partial charge in [0.15, 0.2) is 0 Å². The van der Waals surface area contributed by atoms with Crippen LogP contribution in [0.5, 0.6) is 11.5 Å². The van der Waals surface area contributed by atoms with Gasteiger partial charge in [0.1, 0.15) is 11.5 Å². The number of rotatable bonds is 8. The van der Waals surface area contributed by atoms with Gasteiger partial charge in [0, 0.05) is 0 Å². The number of benzene rings is 2. The molecule has 0 heterocycles. The Morgan fingerprint density at radius 3 is 1.12 bits per heavy atom. The minimum atomic E-state index is -4.31. The predicted molar refractivity (Wildman–Crippen MR) is 147 cm³/mol. The number of phosphoric acid groups is 1. The molecule has 0 saturated heterocycles. The van der Waals surface area contributed by atoms with Crippen LogP contribution in [-0.4, -0.2) is 42.6 Å². The maximum atomic E-state index is 12.6. The van der Waals surface area contributed by atoms with Crippen molar-refractivity contribution in [1.29, 1.82) is 0 Å². The normalized spacial score (nSPS) is 13.3. The Morgan fingerprint density at radius 2 is 0.882 bits per heavy atom. The third-order valence-electron chi connectivity index (χ3n) is 5.66. The fourth-order valence-corrected chi connectivity index (χ4v) is 5.89. The molecular formula is C28H45CaO4P. The number of phosphoric ester groups is 1. The Labute approximate surface area is 237 Å². The molecule has 34 heavy (non-hydrogen) atoms. The van der Waals surface area contributed by atoms with E-state index in [-0.39, 0.29) is 59.4 Å². The molecule has 0 radical (unpaired) electrons. The monoisotopic (exact) mass is 516 g/mol. The first kappa shape index (κ1) is 31.5. The molecular weight excluding hydrogens is 471 g/mol. The molecule has 2 aromatic rings. The summed E-state index contributed by atoms with van der Waals surface area (Å²) in [5.41, 5.74) is 2.69. The van der Waals surface area contributed by atoms with Crippen LogP contribution in [0.4, 0.5) is 0 Å². The molecule has 2 rings (SSSR count). The van der Waals surface area contributed by atoms with E-state index in [2.05, 4.69) is 69.2 Å². The van der Waals surface area contributed by atoms with Gasteiger partial charge in [-0.1, -0.05) is 93.5 Å². The van der Waals surface area contributed by atoms with Gasteiger partial charge in [-0.2, -0.15) is 0 Å². The summed E-state index contributed by atoms with van der Waals surface area (Å²) in [6.07, 6.45) is 2.04. The molecule has 0 aliphatic carbocycles. The SMILES string of the molecule is CC(C)(C)CC(C)(C)c1ccc(OP(=O)(O)Oc2ccc(C(C)(C)CC(C)(C)C)cc2)cc1.[CaH2]. The second-order valence-electron chi connectivity index (χ2n) is 12.9. The number of hydrogen-bond acceptors (Lipinski definition) is 3. The van der Waals surface area contributed by atoms with E-state index in [0.717, 1.165) is 24.0 Å². The summed E-state index contributed by atoms with van der Waals surface area (Å²) >= 11 is 0. The molecule has 6 heteroatoms. The van der Waals surface area contributed by atoms with E-state index in [1.54, 1.807) is 24.3 Å². The van der Waals surface area contributed by atoms with Gasteiger partial charge in [-0.05, 0) is 69.9 Å². The van der Waals surface area contributed by atoms with Crippen LogP contribution in [0.3, 0.4) is 0 Å². The topological polar surface area (TPSA) is 55.8 Å². The van der Waals surface area contributed by atoms with Gasteiger partial charge in [0.25, 0.3) is 0 Å². The summed E-state index contributed by atoms with van der Waals surface area (Å²) in [5.74, 6) is 0.609. The summed E-state index contributed by atoms with van der Waals surface area (Å²) in [4.78, 5) is 10.3. The average Bonchev–Trinajstić information content (AvgIpc) is 2.57. The molecule has 188 valence electrons. The Hall–Kier alpha value is -0.510. The van der Waals surface area contributed by atoms with Crippen molar-refractivity contribution in [2.45, 2.75) is 92.9 Å². The van der Waals surface area contributed by atoms with Crippen LogP contribution in [-0.2, 0) is 15.4 Å². The minimum absolute atomic E-state index is 0. The first-order valence-corrected chi connectivity index (χ1v) is 13.2. The van der Waals surface area contributed by atoms with Gasteiger partial charge in [0.2, 0.25) is 0 Å². The molecule has 0 saturated carbocycles. The standard InChI is InChI=1S/C28H43O4P.Ca.2H/c1-25(2,3)19-27(7,8)21-11-15-23(16-12-21)31-33(29,30)32-24-17-13-22(14-18-24)28(9,10)20-26(4,5)6;;;/h11-18H,19-20H2,1-10H3,(H,29,30);;;. The van der Waals surface area contributed by atoms with E-state index in [1.165, 1.54) is 0 Å². The van der Waals surface area contributed by atoms with Crippen molar-refractivity contribution in [3.05, 3.63) is 59.7 Å². The molecule has 0 aliphatic rings. The number of hydrogen-bond donors (Lipinski definition) is 1. The van der Waals surface area contributed by atoms with E-state index in [0.29, 0.717) is 11.5 Å². The van der Waals surface area contributed by atoms with Crippen LogP contribution < -0.4 is 9.05 Å². The molecule has 1 N–H and O–H groups in total. The van der Waals surface area contributed by atoms with Crippen molar-refractivity contribution in [2.24, 2.45) is 10.8 Å². The quantitative estimate of drug-likeness (QED) is 0.288.